The lowest BCUT2D eigenvalue weighted by molar-refractivity contribution is 0.382. The number of hydrogen-bond acceptors (Lipinski definition) is 2. The Morgan fingerprint density at radius 2 is 1.75 bits per heavy atom. The summed E-state index contributed by atoms with van der Waals surface area (Å²) in [5.74, 6) is -0.249. The van der Waals surface area contributed by atoms with Crippen LogP contribution < -0.4 is 5.32 Å². The Hall–Kier alpha value is -1.11. The van der Waals surface area contributed by atoms with Crippen molar-refractivity contribution in [3.8, 4) is 6.07 Å². The fraction of sp³-hybridized carbons (Fsp3) is 0.417. The topological polar surface area (TPSA) is 35.8 Å². The summed E-state index contributed by atoms with van der Waals surface area (Å²) in [6.45, 7) is 1.70. The van der Waals surface area contributed by atoms with Gasteiger partial charge >= 0.3 is 0 Å². The number of piperidine rings is 1. The number of nitrogens with zero attached hydrogens (tertiary/aromatic N) is 1. The second-order valence-corrected chi connectivity index (χ2v) is 3.95. The van der Waals surface area contributed by atoms with Gasteiger partial charge in [-0.25, -0.2) is 4.39 Å². The first-order chi connectivity index (χ1) is 7.27. The molecule has 0 aliphatic carbocycles. The van der Waals surface area contributed by atoms with E-state index in [9.17, 15) is 9.65 Å². The molecule has 16 heavy (non-hydrogen) atoms. The van der Waals surface area contributed by atoms with Crippen molar-refractivity contribution >= 4 is 12.4 Å². The molecule has 0 unspecified atom stereocenters. The average molecular weight is 241 g/mol. The second-order valence-electron chi connectivity index (χ2n) is 3.95. The van der Waals surface area contributed by atoms with Crippen LogP contribution in [0.4, 0.5) is 4.39 Å². The lowest BCUT2D eigenvalue weighted by atomic mass is 9.74. The fourth-order valence-electron chi connectivity index (χ4n) is 2.09. The van der Waals surface area contributed by atoms with Gasteiger partial charge in [-0.1, -0.05) is 12.1 Å². The first kappa shape index (κ1) is 13.0. The molecule has 0 radical (unpaired) electrons. The summed E-state index contributed by atoms with van der Waals surface area (Å²) in [6.07, 6.45) is 1.60. The van der Waals surface area contributed by atoms with Crippen molar-refractivity contribution in [3.63, 3.8) is 0 Å². The molecule has 0 saturated carbocycles. The largest absolute Gasteiger partial charge is 0.317 e. The summed E-state index contributed by atoms with van der Waals surface area (Å²) < 4.78 is 12.8. The highest BCUT2D eigenvalue weighted by atomic mass is 35.5. The predicted molar refractivity (Wildman–Crippen MR) is 63.0 cm³/mol. The molecule has 1 aliphatic rings. The highest BCUT2D eigenvalue weighted by Crippen LogP contribution is 2.32. The number of halogens is 2. The van der Waals surface area contributed by atoms with Gasteiger partial charge in [-0.05, 0) is 43.6 Å². The van der Waals surface area contributed by atoms with Gasteiger partial charge in [0.1, 0.15) is 5.82 Å². The third-order valence-corrected chi connectivity index (χ3v) is 3.07. The highest BCUT2D eigenvalue weighted by molar-refractivity contribution is 5.85. The number of nitrogens with one attached hydrogen (secondary N) is 1. The third kappa shape index (κ3) is 2.34. The molecular weight excluding hydrogens is 227 g/mol. The van der Waals surface area contributed by atoms with Crippen LogP contribution >= 0.6 is 12.4 Å². The minimum atomic E-state index is -0.418. The van der Waals surface area contributed by atoms with Crippen LogP contribution in [0, 0.1) is 17.1 Å². The van der Waals surface area contributed by atoms with Crippen molar-refractivity contribution in [2.45, 2.75) is 18.3 Å². The molecular formula is C12H14ClFN2. The average Bonchev–Trinajstić information content (AvgIpc) is 2.31. The Morgan fingerprint density at radius 1 is 1.19 bits per heavy atom. The van der Waals surface area contributed by atoms with E-state index in [0.29, 0.717) is 0 Å². The molecule has 86 valence electrons. The summed E-state index contributed by atoms with van der Waals surface area (Å²) in [7, 11) is 0. The quantitative estimate of drug-likeness (QED) is 0.818. The van der Waals surface area contributed by atoms with Crippen LogP contribution in [0.15, 0.2) is 24.3 Å². The van der Waals surface area contributed by atoms with Gasteiger partial charge in [0.25, 0.3) is 0 Å². The maximum Gasteiger partial charge on any atom is 0.123 e. The lowest BCUT2D eigenvalue weighted by Crippen LogP contribution is -2.38. The van der Waals surface area contributed by atoms with E-state index < -0.39 is 5.41 Å². The summed E-state index contributed by atoms with van der Waals surface area (Å²) in [5.41, 5.74) is 0.520. The minimum Gasteiger partial charge on any atom is -0.317 e. The van der Waals surface area contributed by atoms with Crippen LogP contribution in [0.5, 0.6) is 0 Å². The van der Waals surface area contributed by atoms with E-state index in [0.717, 1.165) is 31.5 Å². The number of hydrogen-bond donors (Lipinski definition) is 1. The van der Waals surface area contributed by atoms with E-state index in [4.69, 9.17) is 0 Å². The van der Waals surface area contributed by atoms with Gasteiger partial charge in [0, 0.05) is 0 Å². The zero-order valence-electron chi connectivity index (χ0n) is 8.87. The van der Waals surface area contributed by atoms with E-state index in [-0.39, 0.29) is 18.2 Å². The molecule has 2 nitrogen and oxygen atoms in total. The molecule has 0 spiro atoms. The minimum absolute atomic E-state index is 0. The van der Waals surface area contributed by atoms with Crippen molar-refractivity contribution in [1.29, 1.82) is 5.26 Å². The third-order valence-electron chi connectivity index (χ3n) is 3.07. The molecule has 1 heterocycles. The number of nitriles is 1. The fourth-order valence-corrected chi connectivity index (χ4v) is 2.09. The van der Waals surface area contributed by atoms with Crippen molar-refractivity contribution in [2.24, 2.45) is 0 Å². The smallest absolute Gasteiger partial charge is 0.123 e. The Kier molecular flexibility index (Phi) is 4.28. The Morgan fingerprint density at radius 3 is 2.25 bits per heavy atom. The highest BCUT2D eigenvalue weighted by Gasteiger charge is 2.33. The van der Waals surface area contributed by atoms with Crippen molar-refractivity contribution < 1.29 is 4.39 Å². The van der Waals surface area contributed by atoms with Gasteiger partial charge in [0.05, 0.1) is 11.5 Å². The monoisotopic (exact) mass is 240 g/mol. The summed E-state index contributed by atoms with van der Waals surface area (Å²) in [4.78, 5) is 0. The van der Waals surface area contributed by atoms with Crippen LogP contribution in [0.2, 0.25) is 0 Å². The normalized spacial score (nSPS) is 18.2. The van der Waals surface area contributed by atoms with E-state index in [2.05, 4.69) is 11.4 Å². The van der Waals surface area contributed by atoms with E-state index >= 15 is 0 Å². The van der Waals surface area contributed by atoms with E-state index in [1.54, 1.807) is 12.1 Å². The maximum absolute atomic E-state index is 12.8. The molecule has 0 atom stereocenters. The summed E-state index contributed by atoms with van der Waals surface area (Å²) in [5, 5.41) is 12.5. The molecule has 4 heteroatoms. The standard InChI is InChI=1S/C12H13FN2.ClH/c13-11-3-1-10(2-4-11)12(9-14)5-7-15-8-6-12;/h1-4,15H,5-8H2;1H. The molecule has 1 aromatic carbocycles. The summed E-state index contributed by atoms with van der Waals surface area (Å²) in [6, 6.07) is 8.70. The number of rotatable bonds is 1. The van der Waals surface area contributed by atoms with Gasteiger partial charge in [0.15, 0.2) is 0 Å². The molecule has 1 aliphatic heterocycles. The van der Waals surface area contributed by atoms with Crippen LogP contribution in [0.1, 0.15) is 18.4 Å². The Bertz CT molecular complexity index is 377. The summed E-state index contributed by atoms with van der Waals surface area (Å²) >= 11 is 0. The molecule has 1 aromatic rings. The Labute approximate surface area is 101 Å². The van der Waals surface area contributed by atoms with E-state index in [1.165, 1.54) is 12.1 Å². The number of benzene rings is 1. The molecule has 1 saturated heterocycles. The molecule has 0 bridgehead atoms. The zero-order chi connectivity index (χ0) is 10.7. The van der Waals surface area contributed by atoms with Crippen LogP contribution in [-0.2, 0) is 5.41 Å². The first-order valence-corrected chi connectivity index (χ1v) is 5.15. The van der Waals surface area contributed by atoms with Crippen molar-refractivity contribution in [1.82, 2.24) is 5.32 Å². The maximum atomic E-state index is 12.8. The van der Waals surface area contributed by atoms with Gasteiger partial charge in [-0.2, -0.15) is 5.26 Å². The SMILES string of the molecule is Cl.N#CC1(c2ccc(F)cc2)CCNCC1. The molecule has 0 amide bonds. The first-order valence-electron chi connectivity index (χ1n) is 5.15. The molecule has 1 fully saturated rings. The van der Waals surface area contributed by atoms with Gasteiger partial charge in [-0.15, -0.1) is 12.4 Å². The predicted octanol–water partition coefficient (Wildman–Crippen LogP) is 2.39. The van der Waals surface area contributed by atoms with Crippen molar-refractivity contribution in [2.75, 3.05) is 13.1 Å². The lowest BCUT2D eigenvalue weighted by Gasteiger charge is -2.31. The van der Waals surface area contributed by atoms with Crippen LogP contribution in [-0.4, -0.2) is 13.1 Å². The van der Waals surface area contributed by atoms with E-state index in [1.807, 2.05) is 0 Å². The van der Waals surface area contributed by atoms with Crippen LogP contribution in [0.3, 0.4) is 0 Å². The zero-order valence-corrected chi connectivity index (χ0v) is 9.69. The molecule has 2 rings (SSSR count). The Balaban J connectivity index is 0.00000128. The molecule has 1 N–H and O–H groups in total. The van der Waals surface area contributed by atoms with Gasteiger partial charge < -0.3 is 5.32 Å². The molecule has 0 aromatic heterocycles. The second kappa shape index (κ2) is 5.29. The van der Waals surface area contributed by atoms with Crippen LogP contribution in [0.25, 0.3) is 0 Å². The van der Waals surface area contributed by atoms with Gasteiger partial charge in [0.2, 0.25) is 0 Å². The van der Waals surface area contributed by atoms with Gasteiger partial charge in [-0.3, -0.25) is 0 Å². The van der Waals surface area contributed by atoms with Crippen molar-refractivity contribution in [3.05, 3.63) is 35.6 Å².